The number of nitrogens with zero attached hydrogens (tertiary/aromatic N) is 1. The highest BCUT2D eigenvalue weighted by atomic mass is 16.6. The van der Waals surface area contributed by atoms with Crippen molar-refractivity contribution in [1.29, 1.82) is 0 Å². The molecule has 21 heavy (non-hydrogen) atoms. The van der Waals surface area contributed by atoms with E-state index in [0.29, 0.717) is 25.1 Å². The number of ether oxygens (including phenoxy) is 1. The van der Waals surface area contributed by atoms with Crippen LogP contribution in [0.4, 0.5) is 4.79 Å². The Morgan fingerprint density at radius 3 is 2.48 bits per heavy atom. The van der Waals surface area contributed by atoms with E-state index >= 15 is 0 Å². The molecule has 1 aliphatic heterocycles. The van der Waals surface area contributed by atoms with Crippen LogP contribution in [0.2, 0.25) is 0 Å². The zero-order chi connectivity index (χ0) is 15.5. The molecule has 0 N–H and O–H groups in total. The predicted molar refractivity (Wildman–Crippen MR) is 81.9 cm³/mol. The van der Waals surface area contributed by atoms with Crippen molar-refractivity contribution in [2.45, 2.75) is 32.8 Å². The molecule has 0 unspecified atom stereocenters. The molecule has 0 saturated heterocycles. The van der Waals surface area contributed by atoms with E-state index in [2.05, 4.69) is 0 Å². The number of amides is 1. The van der Waals surface area contributed by atoms with E-state index in [4.69, 9.17) is 4.74 Å². The van der Waals surface area contributed by atoms with Crippen molar-refractivity contribution in [1.82, 2.24) is 4.90 Å². The van der Waals surface area contributed by atoms with Crippen molar-refractivity contribution in [2.24, 2.45) is 0 Å². The first kappa shape index (κ1) is 15.3. The molecule has 4 heteroatoms. The summed E-state index contributed by atoms with van der Waals surface area (Å²) in [7, 11) is 0. The third-order valence-electron chi connectivity index (χ3n) is 3.30. The molecule has 1 amide bonds. The molecular formula is C17H21NO3. The summed E-state index contributed by atoms with van der Waals surface area (Å²) in [5, 5.41) is 0. The zero-order valence-electron chi connectivity index (χ0n) is 12.8. The van der Waals surface area contributed by atoms with Gasteiger partial charge in [-0.3, -0.25) is 4.79 Å². The molecule has 0 bridgehead atoms. The molecule has 0 fully saturated rings. The third-order valence-corrected chi connectivity index (χ3v) is 3.30. The molecule has 4 nitrogen and oxygen atoms in total. The highest BCUT2D eigenvalue weighted by Crippen LogP contribution is 2.27. The summed E-state index contributed by atoms with van der Waals surface area (Å²) >= 11 is 0. The van der Waals surface area contributed by atoms with Gasteiger partial charge in [0.05, 0.1) is 6.54 Å². The first-order chi connectivity index (χ1) is 9.90. The second-order valence-electron chi connectivity index (χ2n) is 6.14. The topological polar surface area (TPSA) is 46.6 Å². The summed E-state index contributed by atoms with van der Waals surface area (Å²) in [6.45, 7) is 6.38. The third kappa shape index (κ3) is 3.94. The van der Waals surface area contributed by atoms with Gasteiger partial charge >= 0.3 is 6.09 Å². The number of rotatable bonds is 2. The van der Waals surface area contributed by atoms with Crippen molar-refractivity contribution in [3.8, 4) is 0 Å². The fourth-order valence-corrected chi connectivity index (χ4v) is 2.35. The average molecular weight is 287 g/mol. The van der Waals surface area contributed by atoms with Crippen LogP contribution in [0.15, 0.2) is 35.9 Å². The van der Waals surface area contributed by atoms with Gasteiger partial charge < -0.3 is 9.64 Å². The van der Waals surface area contributed by atoms with Gasteiger partial charge in [-0.25, -0.2) is 4.79 Å². The molecule has 0 aromatic heterocycles. The Hall–Kier alpha value is -2.10. The molecule has 1 aromatic rings. The Bertz CT molecular complexity index is 555. The maximum Gasteiger partial charge on any atom is 0.410 e. The molecule has 1 aromatic carbocycles. The lowest BCUT2D eigenvalue weighted by Crippen LogP contribution is -2.40. The first-order valence-corrected chi connectivity index (χ1v) is 7.11. The minimum atomic E-state index is -0.526. The normalized spacial score (nSPS) is 15.9. The van der Waals surface area contributed by atoms with Crippen molar-refractivity contribution in [2.75, 3.05) is 13.1 Å². The molecule has 0 spiro atoms. The quantitative estimate of drug-likeness (QED) is 0.784. The Morgan fingerprint density at radius 2 is 1.90 bits per heavy atom. The van der Waals surface area contributed by atoms with E-state index in [1.54, 1.807) is 4.90 Å². The van der Waals surface area contributed by atoms with E-state index in [-0.39, 0.29) is 6.09 Å². The van der Waals surface area contributed by atoms with Crippen molar-refractivity contribution in [3.63, 3.8) is 0 Å². The number of carbonyl (C=O) groups excluding carboxylic acids is 2. The highest BCUT2D eigenvalue weighted by molar-refractivity contribution is 5.90. The van der Waals surface area contributed by atoms with Crippen LogP contribution in [0.3, 0.4) is 0 Å². The molecule has 0 atom stereocenters. The van der Waals surface area contributed by atoms with Gasteiger partial charge in [0.2, 0.25) is 0 Å². The van der Waals surface area contributed by atoms with Crippen LogP contribution in [-0.2, 0) is 9.53 Å². The standard InChI is InChI=1S/C17H21NO3/c1-17(2,3)21-16(20)18-10-9-15(14(11-18)12-19)13-7-5-4-6-8-13/h4-8,12H,9-11H2,1-3H3. The number of hydrogen-bond acceptors (Lipinski definition) is 3. The Balaban J connectivity index is 2.17. The van der Waals surface area contributed by atoms with Crippen LogP contribution in [-0.4, -0.2) is 36.0 Å². The van der Waals surface area contributed by atoms with Gasteiger partial charge in [0.1, 0.15) is 11.9 Å². The molecule has 0 saturated carbocycles. The van der Waals surface area contributed by atoms with E-state index < -0.39 is 5.60 Å². The summed E-state index contributed by atoms with van der Waals surface area (Å²) in [5.74, 6) is 0. The minimum Gasteiger partial charge on any atom is -0.444 e. The minimum absolute atomic E-state index is 0.308. The fraction of sp³-hybridized carbons (Fsp3) is 0.412. The van der Waals surface area contributed by atoms with E-state index in [1.165, 1.54) is 0 Å². The Kier molecular flexibility index (Phi) is 4.46. The van der Waals surface area contributed by atoms with Gasteiger partial charge in [0.25, 0.3) is 0 Å². The van der Waals surface area contributed by atoms with Crippen molar-refractivity contribution in [3.05, 3.63) is 41.5 Å². The molecule has 0 radical (unpaired) electrons. The van der Waals surface area contributed by atoms with Gasteiger partial charge in [-0.15, -0.1) is 0 Å². The van der Waals surface area contributed by atoms with Crippen LogP contribution in [0.1, 0.15) is 32.8 Å². The van der Waals surface area contributed by atoms with Crippen molar-refractivity contribution < 1.29 is 14.3 Å². The smallest absolute Gasteiger partial charge is 0.410 e. The zero-order valence-corrected chi connectivity index (χ0v) is 12.8. The Morgan fingerprint density at radius 1 is 1.24 bits per heavy atom. The van der Waals surface area contributed by atoms with Crippen LogP contribution < -0.4 is 0 Å². The molecule has 112 valence electrons. The average Bonchev–Trinajstić information content (AvgIpc) is 2.45. The van der Waals surface area contributed by atoms with Gasteiger partial charge in [0, 0.05) is 12.1 Å². The highest BCUT2D eigenvalue weighted by Gasteiger charge is 2.27. The largest absolute Gasteiger partial charge is 0.444 e. The van der Waals surface area contributed by atoms with Gasteiger partial charge in [0.15, 0.2) is 0 Å². The molecular weight excluding hydrogens is 266 g/mol. The monoisotopic (exact) mass is 287 g/mol. The summed E-state index contributed by atoms with van der Waals surface area (Å²) in [6.07, 6.45) is 1.14. The molecule has 1 heterocycles. The first-order valence-electron chi connectivity index (χ1n) is 7.11. The van der Waals surface area contributed by atoms with E-state index in [0.717, 1.165) is 17.4 Å². The lowest BCUT2D eigenvalue weighted by atomic mass is 9.94. The maximum atomic E-state index is 12.1. The van der Waals surface area contributed by atoms with Gasteiger partial charge in [-0.2, -0.15) is 0 Å². The summed E-state index contributed by atoms with van der Waals surface area (Å²) in [4.78, 5) is 25.0. The van der Waals surface area contributed by atoms with Crippen LogP contribution >= 0.6 is 0 Å². The Labute approximate surface area is 125 Å². The van der Waals surface area contributed by atoms with Crippen LogP contribution in [0, 0.1) is 0 Å². The molecule has 2 rings (SSSR count). The summed E-state index contributed by atoms with van der Waals surface area (Å²) in [5.41, 5.74) is 2.19. The van der Waals surface area contributed by atoms with E-state index in [9.17, 15) is 9.59 Å². The van der Waals surface area contributed by atoms with Crippen molar-refractivity contribution >= 4 is 18.0 Å². The number of aldehydes is 1. The number of carbonyl (C=O) groups is 2. The lowest BCUT2D eigenvalue weighted by molar-refractivity contribution is -0.105. The predicted octanol–water partition coefficient (Wildman–Crippen LogP) is 3.28. The SMILES string of the molecule is CC(C)(C)OC(=O)N1CCC(c2ccccc2)=C(C=O)C1. The summed E-state index contributed by atoms with van der Waals surface area (Å²) in [6, 6.07) is 9.82. The lowest BCUT2D eigenvalue weighted by Gasteiger charge is -2.31. The second-order valence-corrected chi connectivity index (χ2v) is 6.14. The number of hydrogen-bond donors (Lipinski definition) is 0. The molecule has 0 aliphatic carbocycles. The number of benzene rings is 1. The summed E-state index contributed by atoms with van der Waals surface area (Å²) < 4.78 is 5.36. The van der Waals surface area contributed by atoms with E-state index in [1.807, 2.05) is 51.1 Å². The second kappa shape index (κ2) is 6.12. The fourth-order valence-electron chi connectivity index (χ4n) is 2.35. The van der Waals surface area contributed by atoms with Crippen LogP contribution in [0.25, 0.3) is 5.57 Å². The molecule has 1 aliphatic rings. The van der Waals surface area contributed by atoms with Gasteiger partial charge in [-0.1, -0.05) is 30.3 Å². The van der Waals surface area contributed by atoms with Gasteiger partial charge in [-0.05, 0) is 38.3 Å². The van der Waals surface area contributed by atoms with Crippen LogP contribution in [0.5, 0.6) is 0 Å². The maximum absolute atomic E-state index is 12.1.